The Bertz CT molecular complexity index is 1220. The van der Waals surface area contributed by atoms with Crippen molar-refractivity contribution >= 4 is 17.9 Å². The fourth-order valence-corrected chi connectivity index (χ4v) is 9.02. The van der Waals surface area contributed by atoms with E-state index in [0.29, 0.717) is 19.3 Å². The second kappa shape index (κ2) is 58.9. The lowest BCUT2D eigenvalue weighted by atomic mass is 10.0. The molecule has 0 N–H and O–H groups in total. The van der Waals surface area contributed by atoms with E-state index in [1.165, 1.54) is 186 Å². The summed E-state index contributed by atoms with van der Waals surface area (Å²) in [4.78, 5) is 38.2. The summed E-state index contributed by atoms with van der Waals surface area (Å²) in [5, 5.41) is 0. The van der Waals surface area contributed by atoms with Gasteiger partial charge in [-0.1, -0.05) is 294 Å². The SMILES string of the molecule is CC/C=C\C/C=C\C/C=C\C/C=C\CCCCCCCCC(=O)OC(COC(=O)CCCCCCCCCCCCCC)COC(=O)CCCCCCCCCCCCCCCCCCCCCCC. The summed E-state index contributed by atoms with van der Waals surface area (Å²) in [6.45, 7) is 6.56. The molecule has 0 fully saturated rings. The number of allylic oxidation sites excluding steroid dienone is 8. The van der Waals surface area contributed by atoms with Crippen molar-refractivity contribution in [1.82, 2.24) is 0 Å². The number of carbonyl (C=O) groups excluding carboxylic acids is 3. The third-order valence-corrected chi connectivity index (χ3v) is 13.6. The van der Waals surface area contributed by atoms with Crippen LogP contribution in [0.25, 0.3) is 0 Å². The molecule has 0 aromatic rings. The Morgan fingerprint density at radius 3 is 0.871 bits per heavy atom. The van der Waals surface area contributed by atoms with Gasteiger partial charge in [-0.15, -0.1) is 0 Å². The molecule has 0 saturated carbocycles. The maximum Gasteiger partial charge on any atom is 0.306 e. The largest absolute Gasteiger partial charge is 0.462 e. The highest BCUT2D eigenvalue weighted by Crippen LogP contribution is 2.17. The first-order chi connectivity index (χ1) is 34.5. The van der Waals surface area contributed by atoms with Crippen molar-refractivity contribution in [2.45, 2.75) is 329 Å². The molecule has 0 aromatic heterocycles. The molecule has 6 heteroatoms. The van der Waals surface area contributed by atoms with E-state index in [9.17, 15) is 14.4 Å². The number of esters is 3. The van der Waals surface area contributed by atoms with E-state index in [0.717, 1.165) is 96.3 Å². The zero-order valence-corrected chi connectivity index (χ0v) is 46.8. The van der Waals surface area contributed by atoms with Gasteiger partial charge >= 0.3 is 17.9 Å². The molecule has 0 aromatic carbocycles. The zero-order valence-electron chi connectivity index (χ0n) is 46.8. The van der Waals surface area contributed by atoms with Gasteiger partial charge < -0.3 is 14.2 Å². The van der Waals surface area contributed by atoms with E-state index in [1.54, 1.807) is 0 Å². The van der Waals surface area contributed by atoms with Gasteiger partial charge in [-0.2, -0.15) is 0 Å². The molecule has 0 radical (unpaired) electrons. The summed E-state index contributed by atoms with van der Waals surface area (Å²) in [5.41, 5.74) is 0. The topological polar surface area (TPSA) is 78.9 Å². The van der Waals surface area contributed by atoms with Crippen molar-refractivity contribution in [2.24, 2.45) is 0 Å². The third kappa shape index (κ3) is 56.3. The monoisotopic (exact) mass is 981 g/mol. The van der Waals surface area contributed by atoms with Crippen LogP contribution in [0.5, 0.6) is 0 Å². The van der Waals surface area contributed by atoms with Gasteiger partial charge in [-0.3, -0.25) is 14.4 Å². The normalized spacial score (nSPS) is 12.3. The highest BCUT2D eigenvalue weighted by atomic mass is 16.6. The molecule has 0 aliphatic heterocycles. The third-order valence-electron chi connectivity index (χ3n) is 13.6. The number of hydrogen-bond donors (Lipinski definition) is 0. The van der Waals surface area contributed by atoms with Crippen molar-refractivity contribution in [3.8, 4) is 0 Å². The van der Waals surface area contributed by atoms with Gasteiger partial charge in [0.1, 0.15) is 13.2 Å². The van der Waals surface area contributed by atoms with Crippen LogP contribution in [0.15, 0.2) is 48.6 Å². The van der Waals surface area contributed by atoms with Gasteiger partial charge in [0.2, 0.25) is 0 Å². The molecule has 0 amide bonds. The number of unbranched alkanes of at least 4 members (excludes halogenated alkanes) is 37. The molecular formula is C64H116O6. The molecule has 0 spiro atoms. The highest BCUT2D eigenvalue weighted by molar-refractivity contribution is 5.71. The van der Waals surface area contributed by atoms with Crippen molar-refractivity contribution in [2.75, 3.05) is 13.2 Å². The second-order valence-electron chi connectivity index (χ2n) is 20.6. The molecule has 0 rings (SSSR count). The molecule has 70 heavy (non-hydrogen) atoms. The quantitative estimate of drug-likeness (QED) is 0.0261. The van der Waals surface area contributed by atoms with E-state index in [4.69, 9.17) is 14.2 Å². The molecule has 6 nitrogen and oxygen atoms in total. The number of hydrogen-bond acceptors (Lipinski definition) is 6. The molecule has 0 aliphatic carbocycles. The van der Waals surface area contributed by atoms with Crippen LogP contribution in [0.4, 0.5) is 0 Å². The maximum absolute atomic E-state index is 12.9. The van der Waals surface area contributed by atoms with Crippen LogP contribution in [-0.4, -0.2) is 37.2 Å². The van der Waals surface area contributed by atoms with E-state index in [-0.39, 0.29) is 31.1 Å². The van der Waals surface area contributed by atoms with Crippen LogP contribution in [0, 0.1) is 0 Å². The van der Waals surface area contributed by atoms with Crippen molar-refractivity contribution < 1.29 is 28.6 Å². The van der Waals surface area contributed by atoms with Crippen molar-refractivity contribution in [3.05, 3.63) is 48.6 Å². The first-order valence-electron chi connectivity index (χ1n) is 30.6. The predicted octanol–water partition coefficient (Wildman–Crippen LogP) is 20.6. The Hall–Kier alpha value is -2.63. The summed E-state index contributed by atoms with van der Waals surface area (Å²) in [6, 6.07) is 0. The van der Waals surface area contributed by atoms with Crippen LogP contribution in [0.2, 0.25) is 0 Å². The summed E-state index contributed by atoms with van der Waals surface area (Å²) in [6.07, 6.45) is 72.5. The average molecular weight is 982 g/mol. The summed E-state index contributed by atoms with van der Waals surface area (Å²) >= 11 is 0. The minimum Gasteiger partial charge on any atom is -0.462 e. The Morgan fingerprint density at radius 2 is 0.557 bits per heavy atom. The Balaban J connectivity index is 4.30. The molecule has 408 valence electrons. The summed E-state index contributed by atoms with van der Waals surface area (Å²) in [7, 11) is 0. The first kappa shape index (κ1) is 67.4. The molecular weight excluding hydrogens is 865 g/mol. The lowest BCUT2D eigenvalue weighted by Gasteiger charge is -2.18. The van der Waals surface area contributed by atoms with Gasteiger partial charge in [0.25, 0.3) is 0 Å². The Kier molecular flexibility index (Phi) is 56.7. The van der Waals surface area contributed by atoms with E-state index < -0.39 is 6.10 Å². The van der Waals surface area contributed by atoms with Crippen molar-refractivity contribution in [3.63, 3.8) is 0 Å². The number of ether oxygens (including phenoxy) is 3. The number of carbonyl (C=O) groups is 3. The minimum absolute atomic E-state index is 0.0744. The van der Waals surface area contributed by atoms with Gasteiger partial charge in [-0.25, -0.2) is 0 Å². The maximum atomic E-state index is 12.9. The number of rotatable bonds is 56. The highest BCUT2D eigenvalue weighted by Gasteiger charge is 2.19. The van der Waals surface area contributed by atoms with Crippen LogP contribution < -0.4 is 0 Å². The minimum atomic E-state index is -0.777. The van der Waals surface area contributed by atoms with E-state index in [2.05, 4.69) is 69.4 Å². The molecule has 0 aliphatic rings. The Morgan fingerprint density at radius 1 is 0.300 bits per heavy atom. The lowest BCUT2D eigenvalue weighted by molar-refractivity contribution is -0.167. The Labute approximate surface area is 435 Å². The summed E-state index contributed by atoms with van der Waals surface area (Å²) < 4.78 is 16.9. The fraction of sp³-hybridized carbons (Fsp3) is 0.828. The second-order valence-corrected chi connectivity index (χ2v) is 20.6. The van der Waals surface area contributed by atoms with Gasteiger partial charge in [-0.05, 0) is 57.8 Å². The van der Waals surface area contributed by atoms with Gasteiger partial charge in [0.15, 0.2) is 6.10 Å². The molecule has 0 heterocycles. The molecule has 0 bridgehead atoms. The van der Waals surface area contributed by atoms with E-state index >= 15 is 0 Å². The van der Waals surface area contributed by atoms with Crippen LogP contribution >= 0.6 is 0 Å². The van der Waals surface area contributed by atoms with Crippen LogP contribution in [0.1, 0.15) is 323 Å². The average Bonchev–Trinajstić information content (AvgIpc) is 3.36. The van der Waals surface area contributed by atoms with Crippen molar-refractivity contribution in [1.29, 1.82) is 0 Å². The lowest BCUT2D eigenvalue weighted by Crippen LogP contribution is -2.30. The first-order valence-corrected chi connectivity index (χ1v) is 30.6. The predicted molar refractivity (Wildman–Crippen MR) is 302 cm³/mol. The smallest absolute Gasteiger partial charge is 0.306 e. The van der Waals surface area contributed by atoms with Gasteiger partial charge in [0.05, 0.1) is 0 Å². The zero-order chi connectivity index (χ0) is 50.7. The molecule has 0 saturated heterocycles. The van der Waals surface area contributed by atoms with Crippen LogP contribution in [0.3, 0.4) is 0 Å². The molecule has 1 unspecified atom stereocenters. The van der Waals surface area contributed by atoms with E-state index in [1.807, 2.05) is 0 Å². The summed E-state index contributed by atoms with van der Waals surface area (Å²) in [5.74, 6) is -0.869. The molecule has 1 atom stereocenters. The van der Waals surface area contributed by atoms with Gasteiger partial charge in [0, 0.05) is 19.3 Å². The van der Waals surface area contributed by atoms with Crippen LogP contribution in [-0.2, 0) is 28.6 Å². The standard InChI is InChI=1S/C64H116O6/c1-4-7-10-13-16-19-22-25-27-29-31-32-34-35-37-39-42-45-48-51-54-57-63(66)69-60-61(59-68-62(65)56-53-50-47-44-41-24-21-18-15-12-9-6-3)70-64(67)58-55-52-49-46-43-40-38-36-33-30-28-26-23-20-17-14-11-8-5-2/h8,11,17,20,26,28,33,36,61H,4-7,9-10,12-16,18-19,21-25,27,29-32,34-35,37-60H2,1-3H3/b11-8-,20-17-,28-26-,36-33-. The fourth-order valence-electron chi connectivity index (χ4n) is 9.02.